The first kappa shape index (κ1) is 60.8. The molecule has 1 aromatic carbocycles. The van der Waals surface area contributed by atoms with E-state index < -0.39 is 139 Å². The Labute approximate surface area is 406 Å². The largest absolute Gasteiger partial charge is 0.508 e. The number of nitrogens with two attached hydrogens (primary N) is 3. The summed E-state index contributed by atoms with van der Waals surface area (Å²) in [5, 5.41) is 31.7. The van der Waals surface area contributed by atoms with Crippen LogP contribution in [0.5, 0.6) is 5.75 Å². The monoisotopic (exact) mass is 993 g/mol. The van der Waals surface area contributed by atoms with E-state index in [4.69, 9.17) is 17.2 Å². The van der Waals surface area contributed by atoms with E-state index in [1.807, 2.05) is 0 Å². The molecule has 0 fully saturated rings. The van der Waals surface area contributed by atoms with Gasteiger partial charge in [0, 0.05) is 32.4 Å². The van der Waals surface area contributed by atoms with Crippen molar-refractivity contribution in [1.82, 2.24) is 42.3 Å². The van der Waals surface area contributed by atoms with Crippen LogP contribution in [0.25, 0.3) is 0 Å². The lowest BCUT2D eigenvalue weighted by Crippen LogP contribution is -2.61. The summed E-state index contributed by atoms with van der Waals surface area (Å²) in [5.41, 5.74) is 21.6. The van der Waals surface area contributed by atoms with Crippen molar-refractivity contribution < 1.29 is 63.0 Å². The lowest BCUT2D eigenvalue weighted by molar-refractivity contribution is -0.142. The zero-order valence-electron chi connectivity index (χ0n) is 39.8. The molecule has 0 saturated carbocycles. The molecule has 0 aliphatic heterocycles. The van der Waals surface area contributed by atoms with Crippen LogP contribution in [0.15, 0.2) is 24.3 Å². The van der Waals surface area contributed by atoms with Crippen molar-refractivity contribution in [1.29, 1.82) is 0 Å². The van der Waals surface area contributed by atoms with Gasteiger partial charge in [0.1, 0.15) is 23.9 Å². The normalized spacial score (nSPS) is 14.1. The van der Waals surface area contributed by atoms with Gasteiger partial charge in [0.25, 0.3) is 0 Å². The van der Waals surface area contributed by atoms with Crippen molar-refractivity contribution >= 4 is 77.4 Å². The highest BCUT2D eigenvalue weighted by molar-refractivity contribution is 7.80. The molecule has 0 heterocycles. The number of nitrogens with zero attached hydrogens (tertiary/aromatic N) is 1. The van der Waals surface area contributed by atoms with Crippen LogP contribution in [0.2, 0.25) is 0 Å². The van der Waals surface area contributed by atoms with Crippen LogP contribution < -0.4 is 54.6 Å². The molecule has 0 aliphatic carbocycles. The Morgan fingerprint density at radius 3 is 1.87 bits per heavy atom. The van der Waals surface area contributed by atoms with Crippen molar-refractivity contribution in [3.05, 3.63) is 29.8 Å². The number of rotatable bonds is 35. The average molecular weight is 994 g/mol. The molecule has 9 amide bonds. The summed E-state index contributed by atoms with van der Waals surface area (Å²) in [7, 11) is 0. The molecule has 24 nitrogen and oxygen atoms in total. The molecule has 0 aromatic heterocycles. The predicted octanol–water partition coefficient (Wildman–Crippen LogP) is -3.38. The first-order valence-electron chi connectivity index (χ1n) is 22.6. The molecular formula is C44H71N11O13S. The Morgan fingerprint density at radius 1 is 0.696 bits per heavy atom. The number of hydrazine groups is 1. The van der Waals surface area contributed by atoms with Gasteiger partial charge in [-0.1, -0.05) is 46.2 Å². The molecule has 7 atom stereocenters. The van der Waals surface area contributed by atoms with Gasteiger partial charge < -0.3 is 58.9 Å². The number of hydrogen-bond donors (Lipinski definition) is 13. The fourth-order valence-electron chi connectivity index (χ4n) is 6.61. The third-order valence-corrected chi connectivity index (χ3v) is 10.8. The molecule has 0 saturated heterocycles. The number of benzene rings is 1. The van der Waals surface area contributed by atoms with Crippen LogP contribution in [0.4, 0.5) is 0 Å². The van der Waals surface area contributed by atoms with Gasteiger partial charge in [0.05, 0.1) is 37.6 Å². The zero-order valence-corrected chi connectivity index (χ0v) is 40.7. The van der Waals surface area contributed by atoms with Gasteiger partial charge in [-0.05, 0) is 67.9 Å². The van der Waals surface area contributed by atoms with Crippen LogP contribution in [0, 0.1) is 11.8 Å². The molecule has 1 unspecified atom stereocenters. The van der Waals surface area contributed by atoms with Gasteiger partial charge in [-0.25, -0.2) is 10.9 Å². The second-order valence-corrected chi connectivity index (χ2v) is 17.4. The summed E-state index contributed by atoms with van der Waals surface area (Å²) < 4.78 is 0. The molecule has 0 bridgehead atoms. The van der Waals surface area contributed by atoms with Crippen LogP contribution in [-0.4, -0.2) is 148 Å². The highest BCUT2D eigenvalue weighted by Crippen LogP contribution is 2.16. The zero-order chi connectivity index (χ0) is 52.4. The standard InChI is InChI=1S/C44H71N11O13S/c1-6-25(4)38(40(64)39(63)30(49-36(61)9-7-18-69)20-27-10-12-28(57)13-11-27)52-42(66)29(14-15-33(45)58)51-43(67)32(21-34(46)59)54-53-26(5)44(68)55(16-8-17-56)23-37(62)50-31(19-24(2)3)41(65)48-22-35(47)60/h10-13,24-26,29-32,38,53-54,56-57,69H,6-9,14-23H2,1-5H3,(H2,45,58)(H2,46,59)(H2,47,60)(H,48,65)(H,49,61)(H,50,62)(H,51,67)(H,52,66)/t25-,26-,29-,30-,31-,32-,38?/m0/s1. The summed E-state index contributed by atoms with van der Waals surface area (Å²) in [4.78, 5) is 144. The van der Waals surface area contributed by atoms with Crippen molar-refractivity contribution in [2.75, 3.05) is 32.0 Å². The van der Waals surface area contributed by atoms with E-state index >= 15 is 0 Å². The molecule has 0 radical (unpaired) electrons. The van der Waals surface area contributed by atoms with Crippen molar-refractivity contribution in [2.24, 2.45) is 29.0 Å². The lowest BCUT2D eigenvalue weighted by atomic mass is 9.89. The maximum absolute atomic E-state index is 14.0. The molecule has 1 rings (SSSR count). The van der Waals surface area contributed by atoms with Gasteiger partial charge in [0.15, 0.2) is 0 Å². The van der Waals surface area contributed by atoms with Crippen LogP contribution in [0.3, 0.4) is 0 Å². The summed E-state index contributed by atoms with van der Waals surface area (Å²) >= 11 is 4.11. The number of ketones is 2. The SMILES string of the molecule is CC[C@H](C)C(NC(=O)[C@H](CCC(N)=O)NC(=O)[C@H](CC(N)=O)NN[C@@H](C)C(=O)N(CCCO)CC(=O)N[C@@H](CC(C)C)C(=O)NCC(N)=O)C(=O)C(=O)[C@H](Cc1ccc(O)cc1)NC(=O)CCCS. The number of aromatic hydroxyl groups is 1. The molecule has 15 N–H and O–H groups in total. The number of carbonyl (C=O) groups is 11. The Morgan fingerprint density at radius 2 is 1.32 bits per heavy atom. The number of primary amides is 3. The predicted molar refractivity (Wildman–Crippen MR) is 254 cm³/mol. The summed E-state index contributed by atoms with van der Waals surface area (Å²) in [6.07, 6.45) is -0.836. The minimum atomic E-state index is -1.60. The number of aliphatic hydroxyl groups excluding tert-OH is 1. The number of aliphatic hydroxyl groups is 1. The quantitative estimate of drug-likeness (QED) is 0.0179. The van der Waals surface area contributed by atoms with Crippen LogP contribution >= 0.6 is 12.6 Å². The van der Waals surface area contributed by atoms with E-state index in [0.717, 1.165) is 4.90 Å². The summed E-state index contributed by atoms with van der Waals surface area (Å²) in [6, 6.07) is -2.64. The number of nitrogens with one attached hydrogen (secondary N) is 7. The van der Waals surface area contributed by atoms with Crippen molar-refractivity contribution in [3.8, 4) is 5.75 Å². The molecule has 1 aromatic rings. The minimum Gasteiger partial charge on any atom is -0.508 e. The fourth-order valence-corrected chi connectivity index (χ4v) is 6.76. The maximum atomic E-state index is 14.0. The van der Waals surface area contributed by atoms with Gasteiger partial charge >= 0.3 is 0 Å². The van der Waals surface area contributed by atoms with Crippen molar-refractivity contribution in [3.63, 3.8) is 0 Å². The smallest absolute Gasteiger partial charge is 0.243 e. The number of Topliss-reactive ketones (excluding diaryl/α,β-unsaturated/α-hetero) is 2. The highest BCUT2D eigenvalue weighted by Gasteiger charge is 2.38. The first-order chi connectivity index (χ1) is 32.4. The van der Waals surface area contributed by atoms with E-state index in [9.17, 15) is 63.0 Å². The van der Waals surface area contributed by atoms with Gasteiger partial charge in [-0.15, -0.1) is 0 Å². The summed E-state index contributed by atoms with van der Waals surface area (Å²) in [6.45, 7) is 6.68. The number of phenols is 1. The first-order valence-corrected chi connectivity index (χ1v) is 23.3. The maximum Gasteiger partial charge on any atom is 0.243 e. The van der Waals surface area contributed by atoms with E-state index in [1.54, 1.807) is 27.7 Å². The second-order valence-electron chi connectivity index (χ2n) is 17.0. The number of carbonyl (C=O) groups excluding carboxylic acids is 11. The number of amides is 9. The van der Waals surface area contributed by atoms with E-state index in [-0.39, 0.29) is 56.9 Å². The average Bonchev–Trinajstić information content (AvgIpc) is 3.29. The minimum absolute atomic E-state index is 0.00593. The Kier molecular flexibility index (Phi) is 28.0. The summed E-state index contributed by atoms with van der Waals surface area (Å²) in [5.74, 6) is -9.96. The molecule has 25 heteroatoms. The van der Waals surface area contributed by atoms with Gasteiger partial charge in [0.2, 0.25) is 64.7 Å². The van der Waals surface area contributed by atoms with E-state index in [0.29, 0.717) is 17.7 Å². The van der Waals surface area contributed by atoms with Crippen LogP contribution in [0.1, 0.15) is 91.5 Å². The van der Waals surface area contributed by atoms with Gasteiger partial charge in [-0.3, -0.25) is 52.7 Å². The number of hydrogen-bond acceptors (Lipinski definition) is 16. The van der Waals surface area contributed by atoms with Crippen molar-refractivity contribution in [2.45, 2.75) is 129 Å². The third-order valence-electron chi connectivity index (χ3n) is 10.5. The molecule has 0 spiro atoms. The molecular weight excluding hydrogens is 923 g/mol. The number of phenolic OH excluding ortho intramolecular Hbond substituents is 1. The second kappa shape index (κ2) is 31.8. The number of thiol groups is 1. The lowest BCUT2D eigenvalue weighted by Gasteiger charge is -2.29. The third kappa shape index (κ3) is 23.6. The molecule has 386 valence electrons. The molecule has 69 heavy (non-hydrogen) atoms. The highest BCUT2D eigenvalue weighted by atomic mass is 32.1. The topological polar surface area (TPSA) is 394 Å². The Bertz CT molecular complexity index is 1940. The Hall–Kier alpha value is -6.18. The van der Waals surface area contributed by atoms with Crippen LogP contribution in [-0.2, 0) is 59.2 Å². The van der Waals surface area contributed by atoms with Gasteiger partial charge in [-0.2, -0.15) is 12.6 Å². The van der Waals surface area contributed by atoms with E-state index in [1.165, 1.54) is 31.2 Å². The molecule has 0 aliphatic rings. The Balaban J connectivity index is 3.36. The fraction of sp³-hybridized carbons (Fsp3) is 0.614. The van der Waals surface area contributed by atoms with E-state index in [2.05, 4.69) is 50.1 Å².